The van der Waals surface area contributed by atoms with Gasteiger partial charge in [0.25, 0.3) is 0 Å². The Balaban J connectivity index is 1.73. The molecule has 1 aliphatic carbocycles. The molecule has 104 valence electrons. The Morgan fingerprint density at radius 3 is 2.79 bits per heavy atom. The monoisotopic (exact) mass is 259 g/mol. The second-order valence-corrected chi connectivity index (χ2v) is 6.22. The predicted molar refractivity (Wildman–Crippen MR) is 78.4 cm³/mol. The van der Waals surface area contributed by atoms with Crippen molar-refractivity contribution in [3.05, 3.63) is 34.9 Å². The van der Waals surface area contributed by atoms with E-state index in [4.69, 9.17) is 4.74 Å². The first-order valence-electron chi connectivity index (χ1n) is 7.66. The number of benzene rings is 1. The summed E-state index contributed by atoms with van der Waals surface area (Å²) >= 11 is 0. The Labute approximate surface area is 116 Å². The van der Waals surface area contributed by atoms with Crippen LogP contribution in [0.25, 0.3) is 0 Å². The molecule has 1 N–H and O–H groups in total. The molecule has 0 radical (unpaired) electrons. The summed E-state index contributed by atoms with van der Waals surface area (Å²) in [7, 11) is 0. The van der Waals surface area contributed by atoms with Crippen LogP contribution in [0, 0.1) is 19.8 Å². The smallest absolute Gasteiger partial charge is 0.0949 e. The zero-order chi connectivity index (χ0) is 13.2. The van der Waals surface area contributed by atoms with Gasteiger partial charge < -0.3 is 10.1 Å². The maximum absolute atomic E-state index is 6.19. The highest BCUT2D eigenvalue weighted by atomic mass is 16.5. The molecule has 3 atom stereocenters. The van der Waals surface area contributed by atoms with Crippen LogP contribution in [-0.4, -0.2) is 19.2 Å². The van der Waals surface area contributed by atoms with Crippen LogP contribution in [0.3, 0.4) is 0 Å². The van der Waals surface area contributed by atoms with Crippen molar-refractivity contribution in [1.29, 1.82) is 0 Å². The second kappa shape index (κ2) is 5.64. The van der Waals surface area contributed by atoms with E-state index in [1.807, 2.05) is 0 Å². The lowest BCUT2D eigenvalue weighted by Gasteiger charge is -2.29. The quantitative estimate of drug-likeness (QED) is 0.833. The minimum absolute atomic E-state index is 0.227. The van der Waals surface area contributed by atoms with Gasteiger partial charge in [-0.1, -0.05) is 31.0 Å². The van der Waals surface area contributed by atoms with Crippen LogP contribution in [0.4, 0.5) is 0 Å². The first-order chi connectivity index (χ1) is 9.24. The van der Waals surface area contributed by atoms with Crippen molar-refractivity contribution in [3.63, 3.8) is 0 Å². The van der Waals surface area contributed by atoms with Gasteiger partial charge in [-0.25, -0.2) is 0 Å². The summed E-state index contributed by atoms with van der Waals surface area (Å²) in [6, 6.07) is 7.41. The summed E-state index contributed by atoms with van der Waals surface area (Å²) in [5.74, 6) is 0.727. The van der Waals surface area contributed by atoms with Crippen LogP contribution in [0.15, 0.2) is 18.2 Å². The van der Waals surface area contributed by atoms with Gasteiger partial charge in [0, 0.05) is 12.6 Å². The summed E-state index contributed by atoms with van der Waals surface area (Å²) in [5.41, 5.74) is 4.05. The molecule has 2 nitrogen and oxygen atoms in total. The van der Waals surface area contributed by atoms with Crippen LogP contribution in [-0.2, 0) is 4.74 Å². The lowest BCUT2D eigenvalue weighted by atomic mass is 9.85. The molecule has 1 aromatic carbocycles. The summed E-state index contributed by atoms with van der Waals surface area (Å²) in [6.45, 7) is 6.24. The van der Waals surface area contributed by atoms with Crippen molar-refractivity contribution < 1.29 is 4.74 Å². The molecule has 0 amide bonds. The third kappa shape index (κ3) is 2.85. The van der Waals surface area contributed by atoms with Crippen LogP contribution in [0.5, 0.6) is 0 Å². The average molecular weight is 259 g/mol. The van der Waals surface area contributed by atoms with Gasteiger partial charge in [-0.15, -0.1) is 0 Å². The van der Waals surface area contributed by atoms with Crippen LogP contribution >= 0.6 is 0 Å². The Bertz CT molecular complexity index is 427. The van der Waals surface area contributed by atoms with E-state index >= 15 is 0 Å². The van der Waals surface area contributed by atoms with Gasteiger partial charge in [0.05, 0.1) is 12.7 Å². The number of hydrogen-bond donors (Lipinski definition) is 1. The largest absolute Gasteiger partial charge is 0.372 e. The fourth-order valence-corrected chi connectivity index (χ4v) is 3.41. The van der Waals surface area contributed by atoms with Gasteiger partial charge in [0.15, 0.2) is 0 Å². The van der Waals surface area contributed by atoms with E-state index in [1.54, 1.807) is 0 Å². The van der Waals surface area contributed by atoms with Gasteiger partial charge in [-0.3, -0.25) is 0 Å². The van der Waals surface area contributed by atoms with E-state index in [2.05, 4.69) is 37.4 Å². The zero-order valence-corrected chi connectivity index (χ0v) is 12.1. The van der Waals surface area contributed by atoms with Gasteiger partial charge in [0.1, 0.15) is 0 Å². The maximum Gasteiger partial charge on any atom is 0.0949 e. The van der Waals surface area contributed by atoms with E-state index in [0.717, 1.165) is 19.1 Å². The number of hydrogen-bond acceptors (Lipinski definition) is 2. The number of fused-ring (bicyclic) bond motifs is 1. The van der Waals surface area contributed by atoms with E-state index in [-0.39, 0.29) is 6.10 Å². The first kappa shape index (κ1) is 13.1. The minimum atomic E-state index is 0.227. The Morgan fingerprint density at radius 1 is 1.11 bits per heavy atom. The lowest BCUT2D eigenvalue weighted by Crippen LogP contribution is -2.38. The first-order valence-corrected chi connectivity index (χ1v) is 7.66. The van der Waals surface area contributed by atoms with Crippen molar-refractivity contribution in [2.24, 2.45) is 5.92 Å². The number of ether oxygens (including phenoxy) is 1. The molecule has 2 fully saturated rings. The number of nitrogens with one attached hydrogen (secondary N) is 1. The highest BCUT2D eigenvalue weighted by Crippen LogP contribution is 2.30. The fourth-order valence-electron chi connectivity index (χ4n) is 3.41. The zero-order valence-electron chi connectivity index (χ0n) is 12.1. The SMILES string of the molecule is Cc1ccc(C2CNC3CCCCC3CO2)cc1C. The summed E-state index contributed by atoms with van der Waals surface area (Å²) in [4.78, 5) is 0. The van der Waals surface area contributed by atoms with Crippen molar-refractivity contribution in [2.45, 2.75) is 51.7 Å². The number of aryl methyl sites for hydroxylation is 2. The molecular weight excluding hydrogens is 234 g/mol. The molecule has 1 aliphatic heterocycles. The van der Waals surface area contributed by atoms with E-state index in [0.29, 0.717) is 6.04 Å². The summed E-state index contributed by atoms with van der Waals surface area (Å²) < 4.78 is 6.19. The Kier molecular flexibility index (Phi) is 3.90. The molecular formula is C17H25NO. The molecule has 19 heavy (non-hydrogen) atoms. The highest BCUT2D eigenvalue weighted by Gasteiger charge is 2.30. The molecule has 0 aromatic heterocycles. The number of rotatable bonds is 1. The molecule has 1 saturated heterocycles. The second-order valence-electron chi connectivity index (χ2n) is 6.22. The molecule has 2 aliphatic rings. The summed E-state index contributed by atoms with van der Waals surface area (Å²) in [5, 5.41) is 3.74. The minimum Gasteiger partial charge on any atom is -0.372 e. The normalized spacial score (nSPS) is 31.6. The predicted octanol–water partition coefficient (Wildman–Crippen LogP) is 3.52. The van der Waals surface area contributed by atoms with E-state index in [9.17, 15) is 0 Å². The van der Waals surface area contributed by atoms with E-state index < -0.39 is 0 Å². The highest BCUT2D eigenvalue weighted by molar-refractivity contribution is 5.31. The van der Waals surface area contributed by atoms with Crippen molar-refractivity contribution >= 4 is 0 Å². The van der Waals surface area contributed by atoms with Crippen LogP contribution in [0.1, 0.15) is 48.5 Å². The maximum atomic E-state index is 6.19. The van der Waals surface area contributed by atoms with Gasteiger partial charge in [-0.05, 0) is 49.3 Å². The summed E-state index contributed by atoms with van der Waals surface area (Å²) in [6.07, 6.45) is 5.64. The molecule has 1 aromatic rings. The van der Waals surface area contributed by atoms with Gasteiger partial charge >= 0.3 is 0 Å². The van der Waals surface area contributed by atoms with Crippen molar-refractivity contribution in [2.75, 3.05) is 13.2 Å². The molecule has 0 spiro atoms. The topological polar surface area (TPSA) is 21.3 Å². The molecule has 3 unspecified atom stereocenters. The van der Waals surface area contributed by atoms with Crippen molar-refractivity contribution in [1.82, 2.24) is 5.32 Å². The lowest BCUT2D eigenvalue weighted by molar-refractivity contribution is 0.0401. The molecule has 1 heterocycles. The van der Waals surface area contributed by atoms with Gasteiger partial charge in [0.2, 0.25) is 0 Å². The van der Waals surface area contributed by atoms with Crippen LogP contribution < -0.4 is 5.32 Å². The fraction of sp³-hybridized carbons (Fsp3) is 0.647. The Hall–Kier alpha value is -0.860. The van der Waals surface area contributed by atoms with Crippen LogP contribution in [0.2, 0.25) is 0 Å². The van der Waals surface area contributed by atoms with Gasteiger partial charge in [-0.2, -0.15) is 0 Å². The third-order valence-electron chi connectivity index (χ3n) is 4.89. The molecule has 0 bridgehead atoms. The molecule has 3 rings (SSSR count). The molecule has 2 heteroatoms. The van der Waals surface area contributed by atoms with Crippen molar-refractivity contribution in [3.8, 4) is 0 Å². The Morgan fingerprint density at radius 2 is 1.95 bits per heavy atom. The van der Waals surface area contributed by atoms with E-state index in [1.165, 1.54) is 42.4 Å². The standard InChI is InChI=1S/C17H25NO/c1-12-7-8-14(9-13(12)2)17-10-18-16-6-4-3-5-15(16)11-19-17/h7-9,15-18H,3-6,10-11H2,1-2H3. The average Bonchev–Trinajstić information content (AvgIpc) is 2.64. The molecule has 1 saturated carbocycles. The third-order valence-corrected chi connectivity index (χ3v) is 4.89.